The minimum Gasteiger partial charge on any atom is -0.337 e. The van der Waals surface area contributed by atoms with Crippen molar-refractivity contribution in [2.45, 2.75) is 44.2 Å². The fourth-order valence-corrected chi connectivity index (χ4v) is 4.72. The van der Waals surface area contributed by atoms with Gasteiger partial charge < -0.3 is 10.2 Å². The van der Waals surface area contributed by atoms with E-state index in [0.717, 1.165) is 16.5 Å². The van der Waals surface area contributed by atoms with E-state index in [9.17, 15) is 9.59 Å². The summed E-state index contributed by atoms with van der Waals surface area (Å²) >= 11 is 3.15. The summed E-state index contributed by atoms with van der Waals surface area (Å²) in [4.78, 5) is 26.4. The number of hydrogen-bond donors (Lipinski definition) is 1. The molecule has 1 N–H and O–H groups in total. The molecule has 1 fully saturated rings. The Labute approximate surface area is 167 Å². The molecule has 1 aromatic carbocycles. The maximum atomic E-state index is 12.5. The molecule has 1 aliphatic rings. The Balaban J connectivity index is 1.49. The third-order valence-electron chi connectivity index (χ3n) is 4.34. The van der Waals surface area contributed by atoms with Gasteiger partial charge >= 0.3 is 0 Å². The van der Waals surface area contributed by atoms with Crippen LogP contribution < -0.4 is 5.32 Å². The van der Waals surface area contributed by atoms with Crippen molar-refractivity contribution in [1.29, 1.82) is 0 Å². The number of carbonyl (C=O) groups is 2. The predicted molar refractivity (Wildman–Crippen MR) is 110 cm³/mol. The summed E-state index contributed by atoms with van der Waals surface area (Å²) in [5, 5.41) is 12.4. The lowest BCUT2D eigenvalue weighted by Gasteiger charge is -2.31. The molecule has 3 rings (SSSR count). The van der Waals surface area contributed by atoms with Crippen molar-refractivity contribution in [2.24, 2.45) is 5.92 Å². The molecule has 2 amide bonds. The monoisotopic (exact) mass is 404 g/mol. The molecule has 0 radical (unpaired) electrons. The molecular weight excluding hydrogens is 380 g/mol. The first-order chi connectivity index (χ1) is 12.8. The summed E-state index contributed by atoms with van der Waals surface area (Å²) < 4.78 is 0. The van der Waals surface area contributed by atoms with E-state index in [-0.39, 0.29) is 29.7 Å². The highest BCUT2D eigenvalue weighted by molar-refractivity contribution is 7.97. The smallest absolute Gasteiger partial charge is 0.231 e. The number of carbonyl (C=O) groups excluding carboxylic acids is 2. The largest absolute Gasteiger partial charge is 0.337 e. The van der Waals surface area contributed by atoms with Gasteiger partial charge in [-0.25, -0.2) is 0 Å². The molecule has 2 heterocycles. The van der Waals surface area contributed by atoms with E-state index in [0.29, 0.717) is 11.7 Å². The van der Waals surface area contributed by atoms with Crippen LogP contribution in [0.1, 0.15) is 37.8 Å². The van der Waals surface area contributed by atoms with E-state index in [1.165, 1.54) is 16.9 Å². The molecule has 0 aliphatic carbocycles. The molecule has 2 aromatic rings. The summed E-state index contributed by atoms with van der Waals surface area (Å²) in [6, 6.07) is 10.3. The molecule has 1 atom stereocenters. The first-order valence-electron chi connectivity index (χ1n) is 8.88. The lowest BCUT2D eigenvalue weighted by Crippen LogP contribution is -2.42. The number of nitrogens with one attached hydrogen (secondary N) is 1. The van der Waals surface area contributed by atoms with Crippen molar-refractivity contribution in [3.05, 3.63) is 40.9 Å². The molecule has 27 heavy (non-hydrogen) atoms. The Bertz CT molecular complexity index is 802. The topological polar surface area (TPSA) is 75.2 Å². The number of likely N-dealkylation sites (tertiary alicyclic amines) is 1. The van der Waals surface area contributed by atoms with Crippen molar-refractivity contribution in [2.75, 3.05) is 11.9 Å². The number of rotatable bonds is 6. The number of aromatic nitrogens is 2. The highest BCUT2D eigenvalue weighted by Crippen LogP contribution is 2.28. The van der Waals surface area contributed by atoms with Crippen LogP contribution >= 0.6 is 23.1 Å². The number of thioether (sulfide) groups is 1. The Morgan fingerprint density at radius 3 is 2.67 bits per heavy atom. The fraction of sp³-hybridized carbons (Fsp3) is 0.474. The van der Waals surface area contributed by atoms with E-state index < -0.39 is 0 Å². The van der Waals surface area contributed by atoms with Gasteiger partial charge in [0.2, 0.25) is 16.9 Å². The first kappa shape index (κ1) is 19.8. The van der Waals surface area contributed by atoms with Gasteiger partial charge in [0.1, 0.15) is 5.01 Å². The van der Waals surface area contributed by atoms with Gasteiger partial charge in [0, 0.05) is 30.0 Å². The molecule has 6 nitrogen and oxygen atoms in total. The molecule has 1 saturated heterocycles. The summed E-state index contributed by atoms with van der Waals surface area (Å²) in [6.45, 7) is 6.40. The quantitative estimate of drug-likeness (QED) is 0.797. The Morgan fingerprint density at radius 1 is 1.26 bits per heavy atom. The second-order valence-electron chi connectivity index (χ2n) is 7.54. The standard InChI is InChI=1S/C19H24N4O2S2/c1-19(2,3)23-10-14(9-16(23)24)17(25)20-18-22-21-15(27-18)12-26-11-13-7-5-4-6-8-13/h4-8,14H,9-12H2,1-3H3,(H,20,22,25)/t14-/m1/s1. The lowest BCUT2D eigenvalue weighted by molar-refractivity contribution is -0.131. The zero-order valence-electron chi connectivity index (χ0n) is 15.8. The molecule has 0 unspecified atom stereocenters. The zero-order valence-corrected chi connectivity index (χ0v) is 17.4. The third-order valence-corrected chi connectivity index (χ3v) is 6.38. The van der Waals surface area contributed by atoms with Gasteiger partial charge in [-0.2, -0.15) is 0 Å². The summed E-state index contributed by atoms with van der Waals surface area (Å²) in [6.07, 6.45) is 0.252. The van der Waals surface area contributed by atoms with Crippen molar-refractivity contribution >= 4 is 40.0 Å². The maximum absolute atomic E-state index is 12.5. The minimum absolute atomic E-state index is 0.0258. The average Bonchev–Trinajstić information content (AvgIpc) is 3.22. The SMILES string of the molecule is CC(C)(C)N1C[C@H](C(=O)Nc2nnc(CSCc3ccccc3)s2)CC1=O. The van der Waals surface area contributed by atoms with Crippen LogP contribution in [-0.4, -0.2) is 39.0 Å². The molecular formula is C19H24N4O2S2. The summed E-state index contributed by atoms with van der Waals surface area (Å²) in [5.41, 5.74) is 1.01. The van der Waals surface area contributed by atoms with Crippen molar-refractivity contribution in [1.82, 2.24) is 15.1 Å². The molecule has 1 aromatic heterocycles. The molecule has 0 bridgehead atoms. The normalized spacial score (nSPS) is 17.4. The van der Waals surface area contributed by atoms with Gasteiger partial charge in [-0.15, -0.1) is 22.0 Å². The highest BCUT2D eigenvalue weighted by atomic mass is 32.2. The van der Waals surface area contributed by atoms with E-state index in [1.807, 2.05) is 39.0 Å². The van der Waals surface area contributed by atoms with Gasteiger partial charge in [0.05, 0.1) is 5.92 Å². The predicted octanol–water partition coefficient (Wildman–Crippen LogP) is 3.56. The Morgan fingerprint density at radius 2 is 2.00 bits per heavy atom. The lowest BCUT2D eigenvalue weighted by atomic mass is 10.1. The van der Waals surface area contributed by atoms with E-state index in [2.05, 4.69) is 27.6 Å². The molecule has 144 valence electrons. The third kappa shape index (κ3) is 5.29. The van der Waals surface area contributed by atoms with Crippen LogP contribution in [0, 0.1) is 5.92 Å². The Kier molecular flexibility index (Phi) is 6.16. The van der Waals surface area contributed by atoms with Crippen LogP contribution in [0.2, 0.25) is 0 Å². The van der Waals surface area contributed by atoms with Crippen LogP contribution in [0.3, 0.4) is 0 Å². The van der Waals surface area contributed by atoms with Crippen LogP contribution in [0.5, 0.6) is 0 Å². The van der Waals surface area contributed by atoms with E-state index in [1.54, 1.807) is 16.7 Å². The van der Waals surface area contributed by atoms with Crippen LogP contribution in [0.25, 0.3) is 0 Å². The van der Waals surface area contributed by atoms with Gasteiger partial charge in [-0.3, -0.25) is 9.59 Å². The molecule has 1 aliphatic heterocycles. The van der Waals surface area contributed by atoms with Crippen LogP contribution in [0.15, 0.2) is 30.3 Å². The summed E-state index contributed by atoms with van der Waals surface area (Å²) in [7, 11) is 0. The number of anilines is 1. The van der Waals surface area contributed by atoms with Crippen LogP contribution in [0.4, 0.5) is 5.13 Å². The minimum atomic E-state index is -0.337. The first-order valence-corrected chi connectivity index (χ1v) is 10.9. The van der Waals surface area contributed by atoms with Crippen molar-refractivity contribution < 1.29 is 9.59 Å². The van der Waals surface area contributed by atoms with Crippen LogP contribution in [-0.2, 0) is 21.1 Å². The van der Waals surface area contributed by atoms with Crippen molar-refractivity contribution in [3.63, 3.8) is 0 Å². The fourth-order valence-electron chi connectivity index (χ4n) is 2.93. The van der Waals surface area contributed by atoms with E-state index >= 15 is 0 Å². The van der Waals surface area contributed by atoms with Gasteiger partial charge in [-0.05, 0) is 26.3 Å². The van der Waals surface area contributed by atoms with Gasteiger partial charge in [-0.1, -0.05) is 41.7 Å². The highest BCUT2D eigenvalue weighted by Gasteiger charge is 2.39. The van der Waals surface area contributed by atoms with Crippen molar-refractivity contribution in [3.8, 4) is 0 Å². The number of nitrogens with zero attached hydrogens (tertiary/aromatic N) is 3. The number of benzene rings is 1. The number of amides is 2. The number of hydrogen-bond acceptors (Lipinski definition) is 6. The molecule has 0 saturated carbocycles. The zero-order chi connectivity index (χ0) is 19.4. The second-order valence-corrected chi connectivity index (χ2v) is 9.59. The van der Waals surface area contributed by atoms with Gasteiger partial charge in [0.25, 0.3) is 0 Å². The Hall–Kier alpha value is -1.93. The van der Waals surface area contributed by atoms with E-state index in [4.69, 9.17) is 0 Å². The second kappa shape index (κ2) is 8.39. The summed E-state index contributed by atoms with van der Waals surface area (Å²) in [5.74, 6) is 1.20. The van der Waals surface area contributed by atoms with Gasteiger partial charge in [0.15, 0.2) is 0 Å². The average molecular weight is 405 g/mol. The molecule has 0 spiro atoms. The molecule has 8 heteroatoms. The maximum Gasteiger partial charge on any atom is 0.231 e.